The molecule has 0 saturated heterocycles. The summed E-state index contributed by atoms with van der Waals surface area (Å²) in [5.74, 6) is 1.44. The Morgan fingerprint density at radius 3 is 2.58 bits per heavy atom. The van der Waals surface area contributed by atoms with Gasteiger partial charge in [0.1, 0.15) is 19.0 Å². The molecule has 1 aliphatic rings. The molecule has 0 fully saturated rings. The van der Waals surface area contributed by atoms with Gasteiger partial charge in [-0.3, -0.25) is 14.9 Å². The van der Waals surface area contributed by atoms with Crippen molar-refractivity contribution in [2.24, 2.45) is 0 Å². The van der Waals surface area contributed by atoms with Gasteiger partial charge in [0.15, 0.2) is 18.1 Å². The molecule has 26 heavy (non-hydrogen) atoms. The molecule has 0 unspecified atom stereocenters. The molecule has 0 aliphatic carbocycles. The van der Waals surface area contributed by atoms with E-state index in [1.165, 1.54) is 24.3 Å². The van der Waals surface area contributed by atoms with E-state index in [0.717, 1.165) is 5.56 Å². The summed E-state index contributed by atoms with van der Waals surface area (Å²) < 4.78 is 16.4. The fraction of sp³-hybridized carbons (Fsp3) is 0.278. The molecule has 0 bridgehead atoms. The lowest BCUT2D eigenvalue weighted by molar-refractivity contribution is -0.384. The number of hydrogen-bond acceptors (Lipinski definition) is 6. The van der Waals surface area contributed by atoms with Crippen molar-refractivity contribution in [1.82, 2.24) is 5.32 Å². The Labute approximate surface area is 149 Å². The minimum Gasteiger partial charge on any atom is -0.486 e. The van der Waals surface area contributed by atoms with Gasteiger partial charge in [0.2, 0.25) is 0 Å². The first-order valence-corrected chi connectivity index (χ1v) is 8.09. The molecule has 1 aliphatic heterocycles. The highest BCUT2D eigenvalue weighted by Crippen LogP contribution is 2.32. The van der Waals surface area contributed by atoms with E-state index in [-0.39, 0.29) is 24.2 Å². The molecule has 136 valence electrons. The normalized spacial score (nSPS) is 13.6. The maximum Gasteiger partial charge on any atom is 0.269 e. The van der Waals surface area contributed by atoms with Gasteiger partial charge in [-0.15, -0.1) is 0 Å². The average molecular weight is 358 g/mol. The van der Waals surface area contributed by atoms with E-state index < -0.39 is 4.92 Å². The first-order chi connectivity index (χ1) is 12.5. The molecule has 8 nitrogen and oxygen atoms in total. The van der Waals surface area contributed by atoms with Crippen molar-refractivity contribution in [3.63, 3.8) is 0 Å². The van der Waals surface area contributed by atoms with Crippen LogP contribution in [0.4, 0.5) is 5.69 Å². The molecular formula is C18H18N2O6. The van der Waals surface area contributed by atoms with Gasteiger partial charge in [0, 0.05) is 12.1 Å². The van der Waals surface area contributed by atoms with Crippen LogP contribution in [0.15, 0.2) is 42.5 Å². The third-order valence-electron chi connectivity index (χ3n) is 3.86. The molecule has 1 atom stereocenters. The monoisotopic (exact) mass is 358 g/mol. The Morgan fingerprint density at radius 2 is 1.88 bits per heavy atom. The molecule has 1 heterocycles. The van der Waals surface area contributed by atoms with E-state index in [2.05, 4.69) is 5.32 Å². The number of carbonyl (C=O) groups is 1. The Balaban J connectivity index is 1.53. The van der Waals surface area contributed by atoms with E-state index in [1.807, 2.05) is 25.1 Å². The number of non-ortho nitro benzene ring substituents is 1. The molecule has 0 spiro atoms. The molecule has 1 N–H and O–H groups in total. The van der Waals surface area contributed by atoms with Gasteiger partial charge in [-0.25, -0.2) is 0 Å². The molecule has 8 heteroatoms. The Bertz CT molecular complexity index is 806. The second-order valence-electron chi connectivity index (χ2n) is 5.73. The van der Waals surface area contributed by atoms with Crippen LogP contribution in [0.25, 0.3) is 0 Å². The fourth-order valence-electron chi connectivity index (χ4n) is 2.51. The number of hydrogen-bond donors (Lipinski definition) is 1. The first-order valence-electron chi connectivity index (χ1n) is 8.09. The van der Waals surface area contributed by atoms with Crippen LogP contribution in [0, 0.1) is 10.1 Å². The molecule has 0 aromatic heterocycles. The number of amides is 1. The summed E-state index contributed by atoms with van der Waals surface area (Å²) in [4.78, 5) is 22.2. The van der Waals surface area contributed by atoms with Gasteiger partial charge in [0.25, 0.3) is 11.6 Å². The van der Waals surface area contributed by atoms with Gasteiger partial charge in [-0.1, -0.05) is 6.07 Å². The number of nitro groups is 1. The zero-order valence-corrected chi connectivity index (χ0v) is 14.1. The van der Waals surface area contributed by atoms with Crippen LogP contribution >= 0.6 is 0 Å². The summed E-state index contributed by atoms with van der Waals surface area (Å²) in [5, 5.41) is 13.4. The van der Waals surface area contributed by atoms with Crippen molar-refractivity contribution in [3.8, 4) is 17.2 Å². The van der Waals surface area contributed by atoms with Crippen molar-refractivity contribution in [2.75, 3.05) is 19.8 Å². The molecule has 2 aromatic carbocycles. The van der Waals surface area contributed by atoms with E-state index >= 15 is 0 Å². The topological polar surface area (TPSA) is 99.9 Å². The molecule has 1 amide bonds. The highest BCUT2D eigenvalue weighted by Gasteiger charge is 2.16. The predicted octanol–water partition coefficient (Wildman–Crippen LogP) is 2.62. The number of nitro benzene ring substituents is 1. The third-order valence-corrected chi connectivity index (χ3v) is 3.86. The smallest absolute Gasteiger partial charge is 0.269 e. The number of benzene rings is 2. The summed E-state index contributed by atoms with van der Waals surface area (Å²) in [7, 11) is 0. The highest BCUT2D eigenvalue weighted by atomic mass is 16.6. The largest absolute Gasteiger partial charge is 0.486 e. The Hall–Kier alpha value is -3.29. The average Bonchev–Trinajstić information content (AvgIpc) is 2.66. The van der Waals surface area contributed by atoms with E-state index in [1.54, 1.807) is 0 Å². The first kappa shape index (κ1) is 17.5. The Morgan fingerprint density at radius 1 is 1.19 bits per heavy atom. The summed E-state index contributed by atoms with van der Waals surface area (Å²) in [5.41, 5.74) is 0.854. The van der Waals surface area contributed by atoms with Crippen LogP contribution in [0.2, 0.25) is 0 Å². The van der Waals surface area contributed by atoms with Crippen LogP contribution in [0.1, 0.15) is 18.5 Å². The van der Waals surface area contributed by atoms with Gasteiger partial charge < -0.3 is 19.5 Å². The van der Waals surface area contributed by atoms with Gasteiger partial charge in [-0.05, 0) is 36.8 Å². The molecule has 0 radical (unpaired) electrons. The number of nitrogens with zero attached hydrogens (tertiary/aromatic N) is 1. The summed E-state index contributed by atoms with van der Waals surface area (Å²) >= 11 is 0. The van der Waals surface area contributed by atoms with E-state index in [9.17, 15) is 14.9 Å². The van der Waals surface area contributed by atoms with Crippen molar-refractivity contribution < 1.29 is 23.9 Å². The second kappa shape index (κ2) is 7.73. The second-order valence-corrected chi connectivity index (χ2v) is 5.73. The standard InChI is InChI=1S/C18H18N2O6/c1-12(13-2-7-16-17(10-13)25-9-8-24-16)19-18(21)11-26-15-5-3-14(4-6-15)20(22)23/h2-7,10,12H,8-9,11H2,1H3,(H,19,21)/t12-/m1/s1. The summed E-state index contributed by atoms with van der Waals surface area (Å²) in [6, 6.07) is 10.9. The number of nitrogens with one attached hydrogen (secondary N) is 1. The maximum absolute atomic E-state index is 12.1. The van der Waals surface area contributed by atoms with Crippen LogP contribution in [0.3, 0.4) is 0 Å². The number of carbonyl (C=O) groups excluding carboxylic acids is 1. The number of rotatable bonds is 6. The highest BCUT2D eigenvalue weighted by molar-refractivity contribution is 5.78. The van der Waals surface area contributed by atoms with E-state index in [0.29, 0.717) is 30.5 Å². The minimum atomic E-state index is -0.495. The Kier molecular flexibility index (Phi) is 5.21. The van der Waals surface area contributed by atoms with Crippen molar-refractivity contribution >= 4 is 11.6 Å². The van der Waals surface area contributed by atoms with Crippen LogP contribution in [-0.2, 0) is 4.79 Å². The van der Waals surface area contributed by atoms with E-state index in [4.69, 9.17) is 14.2 Å². The van der Waals surface area contributed by atoms with Crippen molar-refractivity contribution in [2.45, 2.75) is 13.0 Å². The summed E-state index contributed by atoms with van der Waals surface area (Å²) in [6.45, 7) is 2.70. The zero-order valence-electron chi connectivity index (χ0n) is 14.1. The maximum atomic E-state index is 12.1. The van der Waals surface area contributed by atoms with Gasteiger partial charge in [-0.2, -0.15) is 0 Å². The van der Waals surface area contributed by atoms with Crippen molar-refractivity contribution in [3.05, 3.63) is 58.1 Å². The lowest BCUT2D eigenvalue weighted by atomic mass is 10.1. The van der Waals surface area contributed by atoms with Gasteiger partial charge >= 0.3 is 0 Å². The lowest BCUT2D eigenvalue weighted by Crippen LogP contribution is -2.31. The SMILES string of the molecule is C[C@@H](NC(=O)COc1ccc([N+](=O)[O-])cc1)c1ccc2c(c1)OCCO2. The molecule has 2 aromatic rings. The zero-order chi connectivity index (χ0) is 18.5. The third kappa shape index (κ3) is 4.21. The molecule has 0 saturated carbocycles. The van der Waals surface area contributed by atoms with Crippen LogP contribution in [-0.4, -0.2) is 30.7 Å². The number of fused-ring (bicyclic) bond motifs is 1. The number of ether oxygens (including phenoxy) is 3. The predicted molar refractivity (Wildman–Crippen MR) is 92.6 cm³/mol. The van der Waals surface area contributed by atoms with Crippen LogP contribution < -0.4 is 19.5 Å². The summed E-state index contributed by atoms with van der Waals surface area (Å²) in [6.07, 6.45) is 0. The van der Waals surface area contributed by atoms with Gasteiger partial charge in [0.05, 0.1) is 11.0 Å². The molecule has 3 rings (SSSR count). The van der Waals surface area contributed by atoms with Crippen LogP contribution in [0.5, 0.6) is 17.2 Å². The fourth-order valence-corrected chi connectivity index (χ4v) is 2.51. The van der Waals surface area contributed by atoms with Crippen molar-refractivity contribution in [1.29, 1.82) is 0 Å². The minimum absolute atomic E-state index is 0.0333. The molecular weight excluding hydrogens is 340 g/mol. The lowest BCUT2D eigenvalue weighted by Gasteiger charge is -2.21. The quantitative estimate of drug-likeness (QED) is 0.629.